The second-order valence-electron chi connectivity index (χ2n) is 5.19. The van der Waals surface area contributed by atoms with E-state index in [4.69, 9.17) is 0 Å². The van der Waals surface area contributed by atoms with Crippen LogP contribution in [0.15, 0.2) is 61.2 Å². The third-order valence-corrected chi connectivity index (χ3v) is 3.87. The predicted octanol–water partition coefficient (Wildman–Crippen LogP) is 2.72. The number of carbonyl (C=O) groups excluding carboxylic acids is 1. The topological polar surface area (TPSA) is 40.5 Å². The minimum atomic E-state index is -0.292. The van der Waals surface area contributed by atoms with Gasteiger partial charge in [0, 0.05) is 16.8 Å². The van der Waals surface area contributed by atoms with E-state index >= 15 is 0 Å². The summed E-state index contributed by atoms with van der Waals surface area (Å²) in [6.45, 7) is 3.94. The lowest BCUT2D eigenvalue weighted by molar-refractivity contribution is 0.0749. The monoisotopic (exact) mass is 279 g/mol. The molecule has 0 saturated carbocycles. The van der Waals surface area contributed by atoms with Crippen LogP contribution in [0.3, 0.4) is 0 Å². The molecule has 2 aromatic rings. The van der Waals surface area contributed by atoms with Gasteiger partial charge >= 0.3 is 0 Å². The standard InChI is InChI=1S/C18H17NO2/c1-13-16-9-5-6-10-17(16)18(21)19(13)15(12-20)11-14-7-3-2-4-8-14/h2-10,15,20H,1,11-12H2/t15-/m1/s1. The van der Waals surface area contributed by atoms with Gasteiger partial charge in [0.2, 0.25) is 0 Å². The van der Waals surface area contributed by atoms with Crippen molar-refractivity contribution in [3.05, 3.63) is 77.9 Å². The van der Waals surface area contributed by atoms with E-state index in [1.165, 1.54) is 0 Å². The number of nitrogens with zero attached hydrogens (tertiary/aromatic N) is 1. The van der Waals surface area contributed by atoms with Crippen molar-refractivity contribution in [3.63, 3.8) is 0 Å². The first-order valence-corrected chi connectivity index (χ1v) is 6.99. The summed E-state index contributed by atoms with van der Waals surface area (Å²) >= 11 is 0. The van der Waals surface area contributed by atoms with Gasteiger partial charge in [0.1, 0.15) is 0 Å². The largest absolute Gasteiger partial charge is 0.394 e. The molecule has 0 unspecified atom stereocenters. The number of fused-ring (bicyclic) bond motifs is 1. The molecule has 21 heavy (non-hydrogen) atoms. The number of carbonyl (C=O) groups is 1. The van der Waals surface area contributed by atoms with Crippen molar-refractivity contribution in [2.24, 2.45) is 0 Å². The van der Waals surface area contributed by atoms with Crippen molar-refractivity contribution in [2.75, 3.05) is 6.61 Å². The molecule has 2 aromatic carbocycles. The van der Waals surface area contributed by atoms with Gasteiger partial charge in [-0.3, -0.25) is 4.79 Å². The lowest BCUT2D eigenvalue weighted by Gasteiger charge is -2.27. The summed E-state index contributed by atoms with van der Waals surface area (Å²) in [4.78, 5) is 14.2. The van der Waals surface area contributed by atoms with Gasteiger partial charge in [-0.25, -0.2) is 0 Å². The molecule has 1 amide bonds. The van der Waals surface area contributed by atoms with Crippen LogP contribution in [0.25, 0.3) is 5.70 Å². The molecular formula is C18H17NO2. The summed E-state index contributed by atoms with van der Waals surface area (Å²) in [7, 11) is 0. The summed E-state index contributed by atoms with van der Waals surface area (Å²) < 4.78 is 0. The Morgan fingerprint density at radius 3 is 2.24 bits per heavy atom. The molecular weight excluding hydrogens is 262 g/mol. The number of benzene rings is 2. The summed E-state index contributed by atoms with van der Waals surface area (Å²) in [6, 6.07) is 17.0. The minimum absolute atomic E-state index is 0.0782. The Bertz CT molecular complexity index is 644. The molecule has 0 bridgehead atoms. The summed E-state index contributed by atoms with van der Waals surface area (Å²) in [5.41, 5.74) is 3.28. The predicted molar refractivity (Wildman–Crippen MR) is 82.7 cm³/mol. The number of hydrogen-bond acceptors (Lipinski definition) is 2. The molecule has 1 atom stereocenters. The molecule has 106 valence electrons. The first kappa shape index (κ1) is 13.6. The fourth-order valence-electron chi connectivity index (χ4n) is 2.81. The molecule has 0 radical (unpaired) electrons. The summed E-state index contributed by atoms with van der Waals surface area (Å²) in [5, 5.41) is 9.73. The van der Waals surface area contributed by atoms with Crippen LogP contribution in [0.5, 0.6) is 0 Å². The second kappa shape index (κ2) is 5.54. The number of amides is 1. The normalized spacial score (nSPS) is 15.2. The Labute approximate surface area is 124 Å². The Morgan fingerprint density at radius 1 is 1.00 bits per heavy atom. The van der Waals surface area contributed by atoms with Crippen LogP contribution < -0.4 is 0 Å². The van der Waals surface area contributed by atoms with E-state index < -0.39 is 0 Å². The smallest absolute Gasteiger partial charge is 0.259 e. The van der Waals surface area contributed by atoms with Gasteiger partial charge in [0.05, 0.1) is 12.6 Å². The van der Waals surface area contributed by atoms with Crippen molar-refractivity contribution in [1.29, 1.82) is 0 Å². The van der Waals surface area contributed by atoms with Crippen LogP contribution in [0.1, 0.15) is 21.5 Å². The molecule has 0 aromatic heterocycles. The average molecular weight is 279 g/mol. The van der Waals surface area contributed by atoms with Gasteiger partial charge in [-0.15, -0.1) is 0 Å². The molecule has 0 spiro atoms. The van der Waals surface area contributed by atoms with Gasteiger partial charge in [-0.2, -0.15) is 0 Å². The van der Waals surface area contributed by atoms with Crippen molar-refractivity contribution in [3.8, 4) is 0 Å². The Hall–Kier alpha value is -2.39. The summed E-state index contributed by atoms with van der Waals surface area (Å²) in [5.74, 6) is -0.0782. The fraction of sp³-hybridized carbons (Fsp3) is 0.167. The Balaban J connectivity index is 1.89. The van der Waals surface area contributed by atoms with Crippen molar-refractivity contribution < 1.29 is 9.90 Å². The van der Waals surface area contributed by atoms with Gasteiger partial charge in [-0.05, 0) is 18.1 Å². The van der Waals surface area contributed by atoms with Gasteiger partial charge in [-0.1, -0.05) is 55.1 Å². The van der Waals surface area contributed by atoms with Crippen LogP contribution in [-0.4, -0.2) is 28.6 Å². The highest BCUT2D eigenvalue weighted by Crippen LogP contribution is 2.33. The van der Waals surface area contributed by atoms with E-state index in [2.05, 4.69) is 6.58 Å². The van der Waals surface area contributed by atoms with Crippen LogP contribution in [0.4, 0.5) is 0 Å². The maximum Gasteiger partial charge on any atom is 0.259 e. The first-order valence-electron chi connectivity index (χ1n) is 6.99. The van der Waals surface area contributed by atoms with Crippen molar-refractivity contribution in [1.82, 2.24) is 4.90 Å². The molecule has 3 heteroatoms. The third-order valence-electron chi connectivity index (χ3n) is 3.87. The van der Waals surface area contributed by atoms with E-state index in [1.54, 1.807) is 11.0 Å². The second-order valence-corrected chi connectivity index (χ2v) is 5.19. The number of aliphatic hydroxyl groups is 1. The zero-order valence-electron chi connectivity index (χ0n) is 11.7. The number of hydrogen-bond donors (Lipinski definition) is 1. The average Bonchev–Trinajstić information content (AvgIpc) is 2.78. The van der Waals surface area contributed by atoms with Gasteiger partial charge in [0.25, 0.3) is 5.91 Å². The maximum absolute atomic E-state index is 12.6. The van der Waals surface area contributed by atoms with E-state index in [0.717, 1.165) is 11.1 Å². The number of rotatable bonds is 4. The number of aliphatic hydroxyl groups excluding tert-OH is 1. The van der Waals surface area contributed by atoms with E-state index in [-0.39, 0.29) is 18.6 Å². The lowest BCUT2D eigenvalue weighted by atomic mass is 10.0. The molecule has 3 nitrogen and oxygen atoms in total. The van der Waals surface area contributed by atoms with Crippen molar-refractivity contribution in [2.45, 2.75) is 12.5 Å². The SMILES string of the molecule is C=C1c2ccccc2C(=O)N1[C@@H](CO)Cc1ccccc1. The molecule has 0 aliphatic carbocycles. The molecule has 3 rings (SSSR count). The molecule has 1 aliphatic heterocycles. The van der Waals surface area contributed by atoms with E-state index in [0.29, 0.717) is 17.7 Å². The minimum Gasteiger partial charge on any atom is -0.394 e. The molecule has 1 heterocycles. The zero-order valence-corrected chi connectivity index (χ0v) is 11.7. The quantitative estimate of drug-likeness (QED) is 0.935. The molecule has 1 aliphatic rings. The Kier molecular flexibility index (Phi) is 3.59. The van der Waals surface area contributed by atoms with Crippen LogP contribution in [0, 0.1) is 0 Å². The van der Waals surface area contributed by atoms with Crippen LogP contribution in [0.2, 0.25) is 0 Å². The first-order chi connectivity index (χ1) is 10.2. The highest BCUT2D eigenvalue weighted by atomic mass is 16.3. The van der Waals surface area contributed by atoms with Gasteiger partial charge in [0.15, 0.2) is 0 Å². The molecule has 1 N–H and O–H groups in total. The lowest BCUT2D eigenvalue weighted by Crippen LogP contribution is -2.39. The molecule has 0 saturated heterocycles. The Morgan fingerprint density at radius 2 is 1.62 bits per heavy atom. The van der Waals surface area contributed by atoms with Crippen molar-refractivity contribution >= 4 is 11.6 Å². The third kappa shape index (κ3) is 2.36. The highest BCUT2D eigenvalue weighted by Gasteiger charge is 2.35. The molecule has 0 fully saturated rings. The zero-order chi connectivity index (χ0) is 14.8. The van der Waals surface area contributed by atoms with E-state index in [1.807, 2.05) is 48.5 Å². The fourth-order valence-corrected chi connectivity index (χ4v) is 2.81. The summed E-state index contributed by atoms with van der Waals surface area (Å²) in [6.07, 6.45) is 0.607. The van der Waals surface area contributed by atoms with Crippen LogP contribution in [-0.2, 0) is 6.42 Å². The maximum atomic E-state index is 12.6. The van der Waals surface area contributed by atoms with Crippen LogP contribution >= 0.6 is 0 Å². The van der Waals surface area contributed by atoms with Gasteiger partial charge < -0.3 is 10.0 Å². The highest BCUT2D eigenvalue weighted by molar-refractivity contribution is 6.09. The van der Waals surface area contributed by atoms with E-state index in [9.17, 15) is 9.90 Å².